The maximum Gasteiger partial charge on any atom is 0.280 e. The fraction of sp³-hybridized carbons (Fsp3) is 0.286. The first kappa shape index (κ1) is 14.7. The van der Waals surface area contributed by atoms with Crippen molar-refractivity contribution in [1.82, 2.24) is 30.5 Å². The van der Waals surface area contributed by atoms with Crippen LogP contribution in [0.3, 0.4) is 0 Å². The molecule has 1 aromatic carbocycles. The minimum absolute atomic E-state index is 0.268. The lowest BCUT2D eigenvalue weighted by Crippen LogP contribution is -2.24. The van der Waals surface area contributed by atoms with Crippen molar-refractivity contribution >= 4 is 11.6 Å². The van der Waals surface area contributed by atoms with Crippen LogP contribution < -0.4 is 5.32 Å². The van der Waals surface area contributed by atoms with Crippen molar-refractivity contribution < 1.29 is 4.52 Å². The van der Waals surface area contributed by atoms with Crippen LogP contribution in [0, 0.1) is 0 Å². The second-order valence-corrected chi connectivity index (χ2v) is 5.32. The Morgan fingerprint density at radius 2 is 2.18 bits per heavy atom. The van der Waals surface area contributed by atoms with E-state index in [2.05, 4.69) is 25.8 Å². The van der Waals surface area contributed by atoms with Gasteiger partial charge in [0.25, 0.3) is 5.89 Å². The zero-order chi connectivity index (χ0) is 15.5. The first-order chi connectivity index (χ1) is 10.7. The Kier molecular flexibility index (Phi) is 4.17. The van der Waals surface area contributed by atoms with Crippen molar-refractivity contribution in [2.24, 2.45) is 0 Å². The van der Waals surface area contributed by atoms with E-state index in [0.717, 1.165) is 5.69 Å². The first-order valence-corrected chi connectivity index (χ1v) is 7.22. The van der Waals surface area contributed by atoms with Crippen LogP contribution in [0.5, 0.6) is 0 Å². The second kappa shape index (κ2) is 6.25. The van der Waals surface area contributed by atoms with E-state index in [0.29, 0.717) is 28.9 Å². The molecule has 0 bridgehead atoms. The Morgan fingerprint density at radius 1 is 1.36 bits per heavy atom. The molecule has 0 aliphatic rings. The summed E-state index contributed by atoms with van der Waals surface area (Å²) in [5, 5.41) is 15.8. The molecule has 0 aliphatic heterocycles. The standard InChI is InChI=1S/C14H15ClN6O/c1-9(16-2)7-13-17-14(22-19-13)11-8-21(20-18-11)12-6-4-3-5-10(12)15/h3-6,8-9,16H,7H2,1-2H3. The van der Waals surface area contributed by atoms with E-state index in [4.69, 9.17) is 16.1 Å². The highest BCUT2D eigenvalue weighted by molar-refractivity contribution is 6.32. The van der Waals surface area contributed by atoms with Crippen molar-refractivity contribution in [3.05, 3.63) is 41.3 Å². The summed E-state index contributed by atoms with van der Waals surface area (Å²) in [6.07, 6.45) is 2.39. The van der Waals surface area contributed by atoms with Crippen LogP contribution >= 0.6 is 11.6 Å². The largest absolute Gasteiger partial charge is 0.332 e. The summed E-state index contributed by atoms with van der Waals surface area (Å²) >= 11 is 6.14. The second-order valence-electron chi connectivity index (χ2n) is 4.91. The Hall–Kier alpha value is -2.25. The molecule has 7 nitrogen and oxygen atoms in total. The molecule has 2 aromatic heterocycles. The van der Waals surface area contributed by atoms with Crippen molar-refractivity contribution in [3.63, 3.8) is 0 Å². The van der Waals surface area contributed by atoms with Gasteiger partial charge >= 0.3 is 0 Å². The van der Waals surface area contributed by atoms with Gasteiger partial charge < -0.3 is 9.84 Å². The molecule has 8 heteroatoms. The third-order valence-corrected chi connectivity index (χ3v) is 3.58. The lowest BCUT2D eigenvalue weighted by atomic mass is 10.2. The van der Waals surface area contributed by atoms with Crippen LogP contribution in [0.4, 0.5) is 0 Å². The van der Waals surface area contributed by atoms with Gasteiger partial charge in [-0.3, -0.25) is 0 Å². The predicted octanol–water partition coefficient (Wildman–Crippen LogP) is 2.12. The van der Waals surface area contributed by atoms with Crippen molar-refractivity contribution in [3.8, 4) is 17.3 Å². The molecule has 1 N–H and O–H groups in total. The zero-order valence-corrected chi connectivity index (χ0v) is 12.9. The Morgan fingerprint density at radius 3 is 2.95 bits per heavy atom. The van der Waals surface area contributed by atoms with Gasteiger partial charge in [0.05, 0.1) is 16.9 Å². The fourth-order valence-electron chi connectivity index (χ4n) is 1.93. The third kappa shape index (κ3) is 3.00. The van der Waals surface area contributed by atoms with Crippen molar-refractivity contribution in [2.45, 2.75) is 19.4 Å². The molecule has 1 atom stereocenters. The highest BCUT2D eigenvalue weighted by Gasteiger charge is 2.15. The maximum atomic E-state index is 6.14. The molecule has 0 radical (unpaired) electrons. The molecule has 0 aliphatic carbocycles. The number of benzene rings is 1. The highest BCUT2D eigenvalue weighted by Crippen LogP contribution is 2.21. The molecule has 3 rings (SSSR count). The lowest BCUT2D eigenvalue weighted by Gasteiger charge is -2.04. The van der Waals surface area contributed by atoms with Gasteiger partial charge in [-0.25, -0.2) is 4.68 Å². The molecular weight excluding hydrogens is 304 g/mol. The summed E-state index contributed by atoms with van der Waals surface area (Å²) in [6, 6.07) is 7.66. The normalized spacial score (nSPS) is 12.5. The van der Waals surface area contributed by atoms with Crippen LogP contribution in [0.1, 0.15) is 12.7 Å². The molecule has 0 saturated heterocycles. The van der Waals surface area contributed by atoms with Gasteiger partial charge in [-0.15, -0.1) is 5.10 Å². The summed E-state index contributed by atoms with van der Waals surface area (Å²) in [7, 11) is 1.89. The minimum Gasteiger partial charge on any atom is -0.332 e. The molecule has 1 unspecified atom stereocenters. The Balaban J connectivity index is 1.84. The molecule has 0 spiro atoms. The van der Waals surface area contributed by atoms with Gasteiger partial charge in [-0.2, -0.15) is 4.98 Å². The lowest BCUT2D eigenvalue weighted by molar-refractivity contribution is 0.417. The molecule has 2 heterocycles. The number of nitrogens with zero attached hydrogens (tertiary/aromatic N) is 5. The number of aromatic nitrogens is 5. The van der Waals surface area contributed by atoms with Crippen LogP contribution in [0.15, 0.2) is 35.0 Å². The van der Waals surface area contributed by atoms with Crippen LogP contribution in [0.25, 0.3) is 17.3 Å². The summed E-state index contributed by atoms with van der Waals surface area (Å²) in [5.74, 6) is 0.973. The van der Waals surface area contributed by atoms with Crippen LogP contribution in [-0.2, 0) is 6.42 Å². The average molecular weight is 319 g/mol. The molecule has 3 aromatic rings. The number of hydrogen-bond donors (Lipinski definition) is 1. The number of halogens is 1. The molecule has 22 heavy (non-hydrogen) atoms. The summed E-state index contributed by atoms with van der Waals surface area (Å²) in [4.78, 5) is 4.33. The minimum atomic E-state index is 0.268. The van der Waals surface area contributed by atoms with E-state index in [1.165, 1.54) is 0 Å². The SMILES string of the molecule is CNC(C)Cc1noc(-c2cn(-c3ccccc3Cl)nn2)n1. The van der Waals surface area contributed by atoms with Crippen molar-refractivity contribution in [2.75, 3.05) is 7.05 Å². The maximum absolute atomic E-state index is 6.14. The molecular formula is C14H15ClN6O. The van der Waals surface area contributed by atoms with Crippen molar-refractivity contribution in [1.29, 1.82) is 0 Å². The van der Waals surface area contributed by atoms with E-state index in [9.17, 15) is 0 Å². The first-order valence-electron chi connectivity index (χ1n) is 6.85. The number of nitrogens with one attached hydrogen (secondary N) is 1. The van der Waals surface area contributed by atoms with E-state index >= 15 is 0 Å². The predicted molar refractivity (Wildman–Crippen MR) is 81.9 cm³/mol. The summed E-state index contributed by atoms with van der Waals surface area (Å²) in [5.41, 5.74) is 1.25. The smallest absolute Gasteiger partial charge is 0.280 e. The summed E-state index contributed by atoms with van der Waals surface area (Å²) in [6.45, 7) is 2.05. The van der Waals surface area contributed by atoms with E-state index < -0.39 is 0 Å². The molecule has 0 saturated carbocycles. The quantitative estimate of drug-likeness (QED) is 0.776. The highest BCUT2D eigenvalue weighted by atomic mass is 35.5. The number of para-hydroxylation sites is 1. The number of likely N-dealkylation sites (N-methyl/N-ethyl adjacent to an activating group) is 1. The fourth-order valence-corrected chi connectivity index (χ4v) is 2.16. The van der Waals surface area contributed by atoms with Gasteiger partial charge in [0.15, 0.2) is 11.5 Å². The topological polar surface area (TPSA) is 81.7 Å². The molecule has 0 fully saturated rings. The van der Waals surface area contributed by atoms with Gasteiger partial charge in [0.1, 0.15) is 0 Å². The van der Waals surface area contributed by atoms with Crippen LogP contribution in [0.2, 0.25) is 5.02 Å². The number of rotatable bonds is 5. The monoisotopic (exact) mass is 318 g/mol. The van der Waals surface area contributed by atoms with Gasteiger partial charge in [0.2, 0.25) is 0 Å². The molecule has 0 amide bonds. The average Bonchev–Trinajstić information content (AvgIpc) is 3.16. The van der Waals surface area contributed by atoms with E-state index in [-0.39, 0.29) is 6.04 Å². The Labute approximate surface area is 132 Å². The third-order valence-electron chi connectivity index (χ3n) is 3.26. The van der Waals surface area contributed by atoms with Crippen LogP contribution in [-0.4, -0.2) is 38.2 Å². The Bertz CT molecular complexity index is 768. The summed E-state index contributed by atoms with van der Waals surface area (Å²) < 4.78 is 6.82. The van der Waals surface area contributed by atoms with Gasteiger partial charge in [-0.1, -0.05) is 34.1 Å². The molecule has 114 valence electrons. The number of hydrogen-bond acceptors (Lipinski definition) is 6. The zero-order valence-electron chi connectivity index (χ0n) is 12.2. The van der Waals surface area contributed by atoms with E-state index in [1.54, 1.807) is 16.9 Å². The van der Waals surface area contributed by atoms with E-state index in [1.807, 2.05) is 32.2 Å². The van der Waals surface area contributed by atoms with Gasteiger partial charge in [0, 0.05) is 12.5 Å². The van der Waals surface area contributed by atoms with Gasteiger partial charge in [-0.05, 0) is 26.1 Å².